The van der Waals surface area contributed by atoms with E-state index in [-0.39, 0.29) is 0 Å². The monoisotopic (exact) mass is 400 g/mol. The summed E-state index contributed by atoms with van der Waals surface area (Å²) in [4.78, 5) is 8.20. The predicted molar refractivity (Wildman–Crippen MR) is 129 cm³/mol. The summed E-state index contributed by atoms with van der Waals surface area (Å²) in [5.74, 6) is 0. The van der Waals surface area contributed by atoms with Crippen LogP contribution in [-0.2, 0) is 6.42 Å². The van der Waals surface area contributed by atoms with Gasteiger partial charge in [0.2, 0.25) is 0 Å². The molecule has 0 aliphatic carbocycles. The third kappa shape index (κ3) is 3.93. The van der Waals surface area contributed by atoms with Crippen LogP contribution in [0, 0.1) is 6.92 Å². The van der Waals surface area contributed by atoms with Crippen molar-refractivity contribution in [3.63, 3.8) is 0 Å². The van der Waals surface area contributed by atoms with Crippen LogP contribution in [0.1, 0.15) is 16.7 Å². The van der Waals surface area contributed by atoms with Crippen molar-refractivity contribution in [3.05, 3.63) is 126 Å². The Labute approximate surface area is 183 Å². The average Bonchev–Trinajstić information content (AvgIpc) is 3.35. The number of hydrogen-bond acceptors (Lipinski definition) is 1. The van der Waals surface area contributed by atoms with Crippen molar-refractivity contribution in [1.29, 1.82) is 0 Å². The van der Waals surface area contributed by atoms with Gasteiger partial charge in [0.15, 0.2) is 0 Å². The van der Waals surface area contributed by atoms with Crippen LogP contribution >= 0.6 is 0 Å². The summed E-state index contributed by atoms with van der Waals surface area (Å²) in [6, 6.07) is 34.0. The predicted octanol–water partition coefficient (Wildman–Crippen LogP) is 7.31. The Balaban J connectivity index is 1.52. The summed E-state index contributed by atoms with van der Waals surface area (Å²) in [6.45, 7) is 2.16. The van der Waals surface area contributed by atoms with Crippen LogP contribution in [0.25, 0.3) is 33.6 Å². The van der Waals surface area contributed by atoms with Gasteiger partial charge in [0.25, 0.3) is 0 Å². The van der Waals surface area contributed by atoms with Crippen LogP contribution in [0.4, 0.5) is 0 Å². The first-order valence-corrected chi connectivity index (χ1v) is 10.6. The number of pyridine rings is 1. The zero-order valence-corrected chi connectivity index (χ0v) is 17.5. The fourth-order valence-corrected chi connectivity index (χ4v) is 4.19. The van der Waals surface area contributed by atoms with Gasteiger partial charge < -0.3 is 4.98 Å². The Morgan fingerprint density at radius 2 is 1.35 bits per heavy atom. The lowest BCUT2D eigenvalue weighted by Crippen LogP contribution is -1.97. The number of hydrogen-bond donors (Lipinski definition) is 1. The molecule has 2 heterocycles. The zero-order chi connectivity index (χ0) is 21.0. The van der Waals surface area contributed by atoms with Crippen molar-refractivity contribution in [2.45, 2.75) is 13.3 Å². The normalized spacial score (nSPS) is 10.9. The topological polar surface area (TPSA) is 28.7 Å². The minimum absolute atomic E-state index is 0.854. The van der Waals surface area contributed by atoms with E-state index in [0.29, 0.717) is 0 Å². The van der Waals surface area contributed by atoms with Gasteiger partial charge in [-0.05, 0) is 53.8 Å². The Hall–Kier alpha value is -3.91. The van der Waals surface area contributed by atoms with Gasteiger partial charge >= 0.3 is 0 Å². The fraction of sp³-hybridized carbons (Fsp3) is 0.0690. The van der Waals surface area contributed by atoms with E-state index in [9.17, 15) is 0 Å². The Bertz CT molecular complexity index is 1300. The van der Waals surface area contributed by atoms with Gasteiger partial charge in [-0.1, -0.05) is 78.9 Å². The number of aromatic nitrogens is 2. The Morgan fingerprint density at radius 1 is 0.677 bits per heavy atom. The molecule has 2 aromatic heterocycles. The number of aromatic amines is 1. The maximum Gasteiger partial charge on any atom is 0.0707 e. The largest absolute Gasteiger partial charge is 0.361 e. The number of rotatable bonds is 5. The van der Waals surface area contributed by atoms with Crippen LogP contribution in [-0.4, -0.2) is 9.97 Å². The lowest BCUT2D eigenvalue weighted by molar-refractivity contribution is 1.18. The van der Waals surface area contributed by atoms with E-state index >= 15 is 0 Å². The standard InChI is InChI=1S/C29H24N2/c1-21-18-29(31-20-27(21)22-10-3-2-4-11-22)26-15-8-6-13-24(26)19-23-12-5-7-14-25(23)28-16-9-17-30-28/h2-18,20,30H,19H2,1H3. The quantitative estimate of drug-likeness (QED) is 0.329. The fourth-order valence-electron chi connectivity index (χ4n) is 4.19. The van der Waals surface area contributed by atoms with Gasteiger partial charge in [0.1, 0.15) is 0 Å². The number of H-pyrrole nitrogens is 1. The smallest absolute Gasteiger partial charge is 0.0707 e. The highest BCUT2D eigenvalue weighted by Gasteiger charge is 2.12. The van der Waals surface area contributed by atoms with E-state index in [4.69, 9.17) is 4.98 Å². The van der Waals surface area contributed by atoms with Crippen molar-refractivity contribution in [2.75, 3.05) is 0 Å². The van der Waals surface area contributed by atoms with Crippen LogP contribution in [0.3, 0.4) is 0 Å². The first-order chi connectivity index (χ1) is 15.3. The lowest BCUT2D eigenvalue weighted by Gasteiger charge is -2.14. The van der Waals surface area contributed by atoms with Crippen molar-refractivity contribution < 1.29 is 0 Å². The molecular weight excluding hydrogens is 376 g/mol. The highest BCUT2D eigenvalue weighted by molar-refractivity contribution is 5.72. The lowest BCUT2D eigenvalue weighted by atomic mass is 9.93. The van der Waals surface area contributed by atoms with E-state index in [1.165, 1.54) is 38.9 Å². The van der Waals surface area contributed by atoms with Crippen molar-refractivity contribution >= 4 is 0 Å². The Kier molecular flexibility index (Phi) is 5.20. The molecule has 2 nitrogen and oxygen atoms in total. The van der Waals surface area contributed by atoms with Crippen LogP contribution in [0.2, 0.25) is 0 Å². The molecule has 0 amide bonds. The van der Waals surface area contributed by atoms with E-state index < -0.39 is 0 Å². The van der Waals surface area contributed by atoms with Gasteiger partial charge in [-0.3, -0.25) is 4.98 Å². The molecule has 0 aliphatic heterocycles. The minimum atomic E-state index is 0.854. The Morgan fingerprint density at radius 3 is 2.06 bits per heavy atom. The molecule has 0 atom stereocenters. The van der Waals surface area contributed by atoms with Gasteiger partial charge in [-0.15, -0.1) is 0 Å². The third-order valence-electron chi connectivity index (χ3n) is 5.78. The van der Waals surface area contributed by atoms with Crippen molar-refractivity contribution in [2.24, 2.45) is 0 Å². The molecule has 0 spiro atoms. The summed E-state index contributed by atoms with van der Waals surface area (Å²) in [5.41, 5.74) is 10.8. The number of benzene rings is 3. The second kappa shape index (κ2) is 8.45. The summed E-state index contributed by atoms with van der Waals surface area (Å²) in [5, 5.41) is 0. The molecule has 5 rings (SSSR count). The van der Waals surface area contributed by atoms with Crippen LogP contribution in [0.15, 0.2) is 109 Å². The SMILES string of the molecule is Cc1cc(-c2ccccc2Cc2ccccc2-c2ccc[nH]2)ncc1-c1ccccc1. The highest BCUT2D eigenvalue weighted by Crippen LogP contribution is 2.31. The van der Waals surface area contributed by atoms with Gasteiger partial charge in [0.05, 0.1) is 5.69 Å². The maximum atomic E-state index is 4.85. The molecule has 0 radical (unpaired) electrons. The van der Waals surface area contributed by atoms with Gasteiger partial charge in [0, 0.05) is 34.8 Å². The first kappa shape index (κ1) is 19.1. The molecule has 5 aromatic rings. The molecule has 0 fully saturated rings. The van der Waals surface area contributed by atoms with Gasteiger partial charge in [-0.2, -0.15) is 0 Å². The molecule has 0 bridgehead atoms. The summed E-state index contributed by atoms with van der Waals surface area (Å²) >= 11 is 0. The second-order valence-corrected chi connectivity index (χ2v) is 7.83. The molecule has 0 aliphatic rings. The molecule has 31 heavy (non-hydrogen) atoms. The molecule has 2 heteroatoms. The molecule has 0 unspecified atom stereocenters. The number of nitrogens with zero attached hydrogens (tertiary/aromatic N) is 1. The van der Waals surface area contributed by atoms with E-state index in [1.54, 1.807) is 0 Å². The molecule has 0 saturated carbocycles. The summed E-state index contributed by atoms with van der Waals surface area (Å²) in [7, 11) is 0. The van der Waals surface area contributed by atoms with Crippen LogP contribution in [0.5, 0.6) is 0 Å². The average molecular weight is 401 g/mol. The van der Waals surface area contributed by atoms with E-state index in [1.807, 2.05) is 24.5 Å². The van der Waals surface area contributed by atoms with E-state index in [0.717, 1.165) is 17.8 Å². The molecular formula is C29H24N2. The molecule has 1 N–H and O–H groups in total. The van der Waals surface area contributed by atoms with Crippen molar-refractivity contribution in [3.8, 4) is 33.6 Å². The molecule has 150 valence electrons. The number of aryl methyl sites for hydroxylation is 1. The van der Waals surface area contributed by atoms with Crippen LogP contribution < -0.4 is 0 Å². The summed E-state index contributed by atoms with van der Waals surface area (Å²) in [6.07, 6.45) is 4.83. The second-order valence-electron chi connectivity index (χ2n) is 7.83. The molecule has 0 saturated heterocycles. The summed E-state index contributed by atoms with van der Waals surface area (Å²) < 4.78 is 0. The maximum absolute atomic E-state index is 4.85. The zero-order valence-electron chi connectivity index (χ0n) is 17.5. The third-order valence-corrected chi connectivity index (χ3v) is 5.78. The first-order valence-electron chi connectivity index (χ1n) is 10.6. The van der Waals surface area contributed by atoms with Gasteiger partial charge in [-0.25, -0.2) is 0 Å². The molecule has 3 aromatic carbocycles. The highest BCUT2D eigenvalue weighted by atomic mass is 14.7. The van der Waals surface area contributed by atoms with Crippen molar-refractivity contribution in [1.82, 2.24) is 9.97 Å². The van der Waals surface area contributed by atoms with E-state index in [2.05, 4.69) is 96.8 Å². The minimum Gasteiger partial charge on any atom is -0.361 e. The number of nitrogens with one attached hydrogen (secondary N) is 1.